The van der Waals surface area contributed by atoms with Crippen LogP contribution in [0, 0.1) is 35.5 Å². The van der Waals surface area contributed by atoms with Gasteiger partial charge in [-0.2, -0.15) is 65.9 Å². The Morgan fingerprint density at radius 3 is 1.58 bits per heavy atom. The second-order valence-corrected chi connectivity index (χ2v) is 32.8. The third-order valence-electron chi connectivity index (χ3n) is 13.6. The van der Waals surface area contributed by atoms with Gasteiger partial charge in [0, 0.05) is 47.9 Å². The van der Waals surface area contributed by atoms with Gasteiger partial charge >= 0.3 is 71.3 Å². The molecule has 7 rings (SSSR count). The fourth-order valence-corrected chi connectivity index (χ4v) is 18.5. The van der Waals surface area contributed by atoms with Crippen LogP contribution in [0.2, 0.25) is 0 Å². The average molecular weight is 1540 g/mol. The first kappa shape index (κ1) is 103. The first-order valence-electron chi connectivity index (χ1n) is 28.8. The van der Waals surface area contributed by atoms with Crippen LogP contribution in [0.3, 0.4) is 0 Å². The minimum absolute atomic E-state index is 0. The molecule has 4 N–H and O–H groups in total. The normalized spacial score (nSPS) is 22.8. The SMILES string of the molecule is C.C=C(OC)C1=CCCSC1.COC(=O)C1=CCCS(=O)(=O)C1.COC(=O)C1CCCS(=O)(=O)C1.COC(=O)C1CSCCC1=O.COC(=O)C1CSCCC1C.COC(=O)C1CSCCC1O.COC(=O)CCSCC(C)=O.C[O-].Cl.O.O=C(O)C1CCCS(=O)(=O)C1.[HH].[Na+]. The summed E-state index contributed by atoms with van der Waals surface area (Å²) in [5.74, 6) is 5.55. The first-order chi connectivity index (χ1) is 42.9. The largest absolute Gasteiger partial charge is 1.00 e. The maximum atomic E-state index is 11.1. The van der Waals surface area contributed by atoms with E-state index >= 15 is 0 Å². The molecule has 0 aromatic rings. The number of carboxylic acids is 1. The van der Waals surface area contributed by atoms with Crippen molar-refractivity contribution in [1.29, 1.82) is 0 Å². The van der Waals surface area contributed by atoms with E-state index in [2.05, 4.69) is 43.3 Å². The molecule has 0 aromatic carbocycles. The van der Waals surface area contributed by atoms with Crippen LogP contribution in [-0.2, 0) is 106 Å². The first-order valence-corrected chi connectivity index (χ1v) is 40.0. The van der Waals surface area contributed by atoms with Crippen LogP contribution in [0.5, 0.6) is 0 Å². The van der Waals surface area contributed by atoms with Crippen LogP contribution in [0.15, 0.2) is 35.6 Å². The van der Waals surface area contributed by atoms with Crippen molar-refractivity contribution in [3.8, 4) is 0 Å². The van der Waals surface area contributed by atoms with Gasteiger partial charge in [-0.25, -0.2) is 30.0 Å². The number of halogens is 1. The number of esters is 6. The van der Waals surface area contributed by atoms with Gasteiger partial charge in [0.1, 0.15) is 23.2 Å². The van der Waals surface area contributed by atoms with Crippen molar-refractivity contribution in [3.05, 3.63) is 35.6 Å². The molecule has 0 amide bonds. The van der Waals surface area contributed by atoms with Crippen LogP contribution in [0.25, 0.3) is 0 Å². The van der Waals surface area contributed by atoms with E-state index in [0.717, 1.165) is 48.7 Å². The van der Waals surface area contributed by atoms with Crippen molar-refractivity contribution in [3.63, 3.8) is 0 Å². The van der Waals surface area contributed by atoms with Crippen LogP contribution >= 0.6 is 71.2 Å². The fourth-order valence-electron chi connectivity index (χ4n) is 8.39. The zero-order valence-electron chi connectivity index (χ0n) is 55.7. The topological polar surface area (TPSA) is 416 Å². The molecule has 0 radical (unpaired) electrons. The van der Waals surface area contributed by atoms with Gasteiger partial charge in [0.15, 0.2) is 29.5 Å². The molecule has 36 heteroatoms. The van der Waals surface area contributed by atoms with Crippen LogP contribution in [0.4, 0.5) is 0 Å². The molecule has 7 unspecified atom stereocenters. The summed E-state index contributed by atoms with van der Waals surface area (Å²) in [4.78, 5) is 97.3. The molecule has 7 heterocycles. The van der Waals surface area contributed by atoms with E-state index in [1.54, 1.807) is 36.7 Å². The number of carbonyl (C=O) groups is 9. The fraction of sp³-hybridized carbons (Fsp3) is 0.746. The van der Waals surface area contributed by atoms with E-state index in [-0.39, 0.29) is 144 Å². The number of methoxy groups -OCH3 is 7. The van der Waals surface area contributed by atoms with Gasteiger partial charge in [0.25, 0.3) is 0 Å². The number of thioether (sulfide) groups is 5. The summed E-state index contributed by atoms with van der Waals surface area (Å²) in [6.45, 7) is 7.45. The van der Waals surface area contributed by atoms with Crippen molar-refractivity contribution in [2.45, 2.75) is 91.6 Å². The molecule has 0 spiro atoms. The summed E-state index contributed by atoms with van der Waals surface area (Å²) in [5.41, 5.74) is 1.52. The van der Waals surface area contributed by atoms with Crippen molar-refractivity contribution in [2.75, 3.05) is 149 Å². The van der Waals surface area contributed by atoms with E-state index in [4.69, 9.17) is 19.7 Å². The maximum Gasteiger partial charge on any atom is 1.00 e. The Balaban J connectivity index is -0.000000187. The smallest absolute Gasteiger partial charge is 0.857 e. The summed E-state index contributed by atoms with van der Waals surface area (Å²) in [6.07, 6.45) is 9.81. The third kappa shape index (κ3) is 48.0. The Morgan fingerprint density at radius 2 is 1.15 bits per heavy atom. The molecule has 0 aromatic heterocycles. The number of sulfone groups is 3. The van der Waals surface area contributed by atoms with Crippen molar-refractivity contribution in [1.82, 2.24) is 0 Å². The summed E-state index contributed by atoms with van der Waals surface area (Å²) in [5, 5.41) is 26.1. The molecular formula is C59H104ClNaO26S8. The van der Waals surface area contributed by atoms with Gasteiger partial charge in [-0.1, -0.05) is 33.1 Å². The molecule has 0 bridgehead atoms. The molecule has 26 nitrogen and oxygen atoms in total. The quantitative estimate of drug-likeness (QED) is 0.0661. The average Bonchev–Trinajstić information content (AvgIpc) is 1.07. The van der Waals surface area contributed by atoms with Gasteiger partial charge in [0.05, 0.1) is 126 Å². The third-order valence-corrected chi connectivity index (χ3v) is 24.3. The Hall–Kier alpha value is -2.58. The van der Waals surface area contributed by atoms with Crippen LogP contribution < -0.4 is 34.7 Å². The number of carbonyl (C=O) groups excluding carboxylic acids is 8. The molecule has 95 heavy (non-hydrogen) atoms. The van der Waals surface area contributed by atoms with Crippen molar-refractivity contribution in [2.24, 2.45) is 35.5 Å². The molecule has 7 aliphatic rings. The summed E-state index contributed by atoms with van der Waals surface area (Å²) >= 11 is 8.56. The van der Waals surface area contributed by atoms with Crippen molar-refractivity contribution < 1.29 is 153 Å². The number of ether oxygens (including phenoxy) is 7. The van der Waals surface area contributed by atoms with E-state index in [9.17, 15) is 73.5 Å². The molecular weight excluding hydrogens is 1440 g/mol. The molecule has 7 atom stereocenters. The predicted octanol–water partition coefficient (Wildman–Crippen LogP) is 1.63. The zero-order valence-corrected chi connectivity index (χ0v) is 65.1. The predicted molar refractivity (Wildman–Crippen MR) is 375 cm³/mol. The molecule has 552 valence electrons. The number of ketones is 2. The number of allylic oxidation sites excluding steroid dienone is 3. The maximum absolute atomic E-state index is 11.1. The minimum Gasteiger partial charge on any atom is -0.857 e. The van der Waals surface area contributed by atoms with Gasteiger partial charge in [-0.15, -0.1) is 12.4 Å². The number of hydrogen-bond donors (Lipinski definition) is 2. The number of Topliss-reactive ketones (excluding diaryl/α,β-unsaturated/α-hetero) is 2. The number of aliphatic hydroxyl groups is 1. The number of carboxylic acid groups (broad SMARTS) is 1. The number of hydrogen-bond acceptors (Lipinski definition) is 29. The van der Waals surface area contributed by atoms with E-state index in [1.807, 2.05) is 23.5 Å². The number of rotatable bonds is 13. The second-order valence-electron chi connectivity index (χ2n) is 20.5. The number of aliphatic hydroxyl groups excluding tert-OH is 1. The molecule has 0 aliphatic carbocycles. The minimum atomic E-state index is -3.06. The molecule has 5 saturated heterocycles. The van der Waals surface area contributed by atoms with Gasteiger partial charge in [-0.05, 0) is 87.0 Å². The van der Waals surface area contributed by atoms with Crippen LogP contribution in [0.1, 0.15) is 86.9 Å². The monoisotopic (exact) mass is 1540 g/mol. The second kappa shape index (κ2) is 59.1. The van der Waals surface area contributed by atoms with Gasteiger partial charge in [0.2, 0.25) is 0 Å². The van der Waals surface area contributed by atoms with Gasteiger partial charge < -0.3 is 54.0 Å². The number of aliphatic carboxylic acids is 1. The van der Waals surface area contributed by atoms with Crippen LogP contribution in [-0.4, -0.2) is 249 Å². The van der Waals surface area contributed by atoms with E-state index in [1.165, 1.54) is 78.4 Å². The van der Waals surface area contributed by atoms with Crippen molar-refractivity contribution >= 4 is 154 Å². The van der Waals surface area contributed by atoms with E-state index < -0.39 is 71.3 Å². The molecule has 7 aliphatic heterocycles. The Labute approximate surface area is 614 Å². The Kier molecular flexibility index (Phi) is 64.4. The van der Waals surface area contributed by atoms with Gasteiger partial charge in [-0.3, -0.25) is 38.4 Å². The summed E-state index contributed by atoms with van der Waals surface area (Å²) in [7, 11) is 1.33. The summed E-state index contributed by atoms with van der Waals surface area (Å²) in [6, 6.07) is 0. The summed E-state index contributed by atoms with van der Waals surface area (Å²) < 4.78 is 98.1. The zero-order chi connectivity index (χ0) is 69.8. The standard InChI is InChI=1S/C8H14O2S.C8H12OS.C7H12O4S.C7H10O4S.C7H12O3S.C7H10O3S.C7H12O3S.C6H10O4S.CH3O.CH4.ClH.Na.H2O.H2/c1-6-3-4-11-5-7(6)8(9)10-2;1-7(9-2)8-4-3-5-10-6-8;2*1-11-7(8)6-3-2-4-12(9,10)5-6;2*1-10-7(9)5-4-11-3-2-6(5)8;1-6(8)5-11-4-3-7(9)10-2;7-6(8)5-2-1-3-11(9,10)4-5;1-2;;;;;/h6-7H,3-5H2,1-2H3;4H,1,3,5-6H2,2H3;6H,2-5H2,1H3;3H,2,4-5H2,1H3;5-6,8H,2-4H2,1H3;5H,2-4H2,1H3;3-5H2,1-2H3;5H,1-4H2,(H,7,8);1H3;1H4;1H;;1H2;1H/q;;;;;;;;-1;;;+1;;. The van der Waals surface area contributed by atoms with E-state index in [0.29, 0.717) is 80.3 Å². The molecule has 5 fully saturated rings. The Morgan fingerprint density at radius 1 is 0.642 bits per heavy atom. The molecule has 0 saturated carbocycles. The Bertz CT molecular complexity index is 2660.